The van der Waals surface area contributed by atoms with Gasteiger partial charge in [0.15, 0.2) is 0 Å². The minimum atomic E-state index is 0.406. The van der Waals surface area contributed by atoms with Gasteiger partial charge in [-0.1, -0.05) is 18.2 Å². The van der Waals surface area contributed by atoms with Gasteiger partial charge in [-0.2, -0.15) is 4.98 Å². The Labute approximate surface area is 138 Å². The second kappa shape index (κ2) is 5.84. The van der Waals surface area contributed by atoms with Crippen molar-refractivity contribution in [3.63, 3.8) is 0 Å². The summed E-state index contributed by atoms with van der Waals surface area (Å²) in [6.07, 6.45) is 4.93. The molecule has 4 heteroatoms. The summed E-state index contributed by atoms with van der Waals surface area (Å²) in [5.41, 5.74) is 3.70. The molecule has 0 radical (unpaired) electrons. The minimum absolute atomic E-state index is 0.406. The van der Waals surface area contributed by atoms with Gasteiger partial charge in [0.25, 0.3) is 0 Å². The third kappa shape index (κ3) is 2.67. The number of benzene rings is 1. The molecule has 120 valence electrons. The number of hydrogen-bond acceptors (Lipinski definition) is 4. The lowest BCUT2D eigenvalue weighted by atomic mass is 10.1. The summed E-state index contributed by atoms with van der Waals surface area (Å²) in [6, 6.07) is 11.2. The van der Waals surface area contributed by atoms with Gasteiger partial charge >= 0.3 is 0 Å². The number of piperidine rings is 1. The van der Waals surface area contributed by atoms with Gasteiger partial charge in [0.2, 0.25) is 5.95 Å². The van der Waals surface area contributed by atoms with E-state index in [1.54, 1.807) is 0 Å². The predicted molar refractivity (Wildman–Crippen MR) is 94.6 cm³/mol. The van der Waals surface area contributed by atoms with Gasteiger partial charge in [-0.05, 0) is 51.2 Å². The fourth-order valence-electron chi connectivity index (χ4n) is 3.80. The zero-order valence-electron chi connectivity index (χ0n) is 14.0. The molecule has 0 aliphatic carbocycles. The van der Waals surface area contributed by atoms with E-state index >= 15 is 0 Å². The second-order valence-electron chi connectivity index (χ2n) is 6.77. The van der Waals surface area contributed by atoms with E-state index in [0.717, 1.165) is 37.0 Å². The van der Waals surface area contributed by atoms with E-state index < -0.39 is 0 Å². The number of nitrogens with zero attached hydrogens (tertiary/aromatic N) is 4. The molecule has 2 aromatic rings. The van der Waals surface area contributed by atoms with E-state index in [-0.39, 0.29) is 0 Å². The van der Waals surface area contributed by atoms with Crippen molar-refractivity contribution < 1.29 is 0 Å². The molecule has 4 nitrogen and oxygen atoms in total. The van der Waals surface area contributed by atoms with Gasteiger partial charge in [-0.15, -0.1) is 0 Å². The van der Waals surface area contributed by atoms with Crippen molar-refractivity contribution >= 4 is 17.5 Å². The number of aromatic nitrogens is 2. The Kier molecular flexibility index (Phi) is 3.68. The summed E-state index contributed by atoms with van der Waals surface area (Å²) in [6.45, 7) is 6.56. The van der Waals surface area contributed by atoms with Gasteiger partial charge in [-0.3, -0.25) is 0 Å². The largest absolute Gasteiger partial charge is 0.356 e. The summed E-state index contributed by atoms with van der Waals surface area (Å²) in [7, 11) is 0. The first-order valence-electron chi connectivity index (χ1n) is 8.70. The molecule has 2 aliphatic heterocycles. The van der Waals surface area contributed by atoms with Crippen LogP contribution in [0.5, 0.6) is 0 Å². The Balaban J connectivity index is 1.73. The number of para-hydroxylation sites is 1. The molecule has 0 bridgehead atoms. The Hall–Kier alpha value is -2.10. The standard InChI is InChI=1S/C19H24N4/c1-14-12-18(22-10-6-3-7-11-22)21-19(20-14)23-15(2)13-16-8-4-5-9-17(16)23/h4-5,8-9,12,15H,3,6-7,10-11,13H2,1-2H3. The number of rotatable bonds is 2. The van der Waals surface area contributed by atoms with Crippen LogP contribution in [0.1, 0.15) is 37.4 Å². The van der Waals surface area contributed by atoms with Crippen LogP contribution < -0.4 is 9.80 Å². The molecule has 0 amide bonds. The van der Waals surface area contributed by atoms with Crippen LogP contribution in [-0.4, -0.2) is 29.1 Å². The maximum absolute atomic E-state index is 4.93. The zero-order valence-corrected chi connectivity index (χ0v) is 14.0. The van der Waals surface area contributed by atoms with Gasteiger partial charge in [0.1, 0.15) is 5.82 Å². The van der Waals surface area contributed by atoms with E-state index in [4.69, 9.17) is 9.97 Å². The molecule has 0 saturated carbocycles. The van der Waals surface area contributed by atoms with E-state index in [0.29, 0.717) is 6.04 Å². The highest BCUT2D eigenvalue weighted by Gasteiger charge is 2.29. The Morgan fingerprint density at radius 3 is 2.65 bits per heavy atom. The molecule has 1 aromatic carbocycles. The number of anilines is 3. The van der Waals surface area contributed by atoms with Gasteiger partial charge in [0, 0.05) is 36.6 Å². The molecule has 2 aliphatic rings. The fraction of sp³-hybridized carbons (Fsp3) is 0.474. The highest BCUT2D eigenvalue weighted by Crippen LogP contribution is 2.37. The minimum Gasteiger partial charge on any atom is -0.356 e. The maximum Gasteiger partial charge on any atom is 0.232 e. The number of fused-ring (bicyclic) bond motifs is 1. The van der Waals surface area contributed by atoms with Crippen molar-refractivity contribution in [1.82, 2.24) is 9.97 Å². The van der Waals surface area contributed by atoms with Crippen LogP contribution in [0.3, 0.4) is 0 Å². The normalized spacial score (nSPS) is 20.7. The molecular formula is C19H24N4. The summed E-state index contributed by atoms with van der Waals surface area (Å²) in [4.78, 5) is 14.4. The van der Waals surface area contributed by atoms with Crippen molar-refractivity contribution in [2.24, 2.45) is 0 Å². The van der Waals surface area contributed by atoms with Crippen LogP contribution in [-0.2, 0) is 6.42 Å². The summed E-state index contributed by atoms with van der Waals surface area (Å²) < 4.78 is 0. The van der Waals surface area contributed by atoms with Crippen molar-refractivity contribution in [3.05, 3.63) is 41.6 Å². The van der Waals surface area contributed by atoms with Crippen LogP contribution in [0.25, 0.3) is 0 Å². The van der Waals surface area contributed by atoms with E-state index in [1.165, 1.54) is 30.5 Å². The topological polar surface area (TPSA) is 32.3 Å². The zero-order chi connectivity index (χ0) is 15.8. The van der Waals surface area contributed by atoms with Crippen LogP contribution in [0.4, 0.5) is 17.5 Å². The highest BCUT2D eigenvalue weighted by atomic mass is 15.3. The first-order chi connectivity index (χ1) is 11.2. The van der Waals surface area contributed by atoms with Crippen LogP contribution in [0.15, 0.2) is 30.3 Å². The fourth-order valence-corrected chi connectivity index (χ4v) is 3.80. The highest BCUT2D eigenvalue weighted by molar-refractivity contribution is 5.67. The third-order valence-electron chi connectivity index (χ3n) is 4.93. The third-order valence-corrected chi connectivity index (χ3v) is 4.93. The summed E-state index contributed by atoms with van der Waals surface area (Å²) in [5, 5.41) is 0. The van der Waals surface area contributed by atoms with Crippen molar-refractivity contribution in [1.29, 1.82) is 0 Å². The molecule has 0 N–H and O–H groups in total. The summed E-state index contributed by atoms with van der Waals surface area (Å²) >= 11 is 0. The number of hydrogen-bond donors (Lipinski definition) is 0. The van der Waals surface area contributed by atoms with Crippen molar-refractivity contribution in [3.8, 4) is 0 Å². The monoisotopic (exact) mass is 308 g/mol. The lowest BCUT2D eigenvalue weighted by Gasteiger charge is -2.29. The van der Waals surface area contributed by atoms with E-state index in [1.807, 2.05) is 0 Å². The second-order valence-corrected chi connectivity index (χ2v) is 6.77. The molecule has 1 aromatic heterocycles. The van der Waals surface area contributed by atoms with Gasteiger partial charge in [0.05, 0.1) is 0 Å². The molecular weight excluding hydrogens is 284 g/mol. The first-order valence-corrected chi connectivity index (χ1v) is 8.70. The van der Waals surface area contributed by atoms with Crippen molar-refractivity contribution in [2.75, 3.05) is 22.9 Å². The summed E-state index contributed by atoms with van der Waals surface area (Å²) in [5.74, 6) is 1.94. The Bertz CT molecular complexity index is 706. The molecule has 1 fully saturated rings. The molecule has 23 heavy (non-hydrogen) atoms. The quantitative estimate of drug-likeness (QED) is 0.843. The van der Waals surface area contributed by atoms with Crippen LogP contribution in [0, 0.1) is 6.92 Å². The molecule has 3 heterocycles. The molecule has 0 spiro atoms. The van der Waals surface area contributed by atoms with Crippen LogP contribution >= 0.6 is 0 Å². The first kappa shape index (κ1) is 14.5. The Morgan fingerprint density at radius 2 is 1.83 bits per heavy atom. The Morgan fingerprint density at radius 1 is 1.04 bits per heavy atom. The average Bonchev–Trinajstić information content (AvgIpc) is 2.91. The molecule has 1 saturated heterocycles. The van der Waals surface area contributed by atoms with Crippen molar-refractivity contribution in [2.45, 2.75) is 45.6 Å². The average molecular weight is 308 g/mol. The van der Waals surface area contributed by atoms with E-state index in [2.05, 4.69) is 54.0 Å². The maximum atomic E-state index is 4.93. The molecule has 1 unspecified atom stereocenters. The predicted octanol–water partition coefficient (Wildman–Crippen LogP) is 3.86. The number of aryl methyl sites for hydroxylation is 1. The lowest BCUT2D eigenvalue weighted by molar-refractivity contribution is 0.572. The molecule has 4 rings (SSSR count). The van der Waals surface area contributed by atoms with Gasteiger partial charge < -0.3 is 9.80 Å². The smallest absolute Gasteiger partial charge is 0.232 e. The SMILES string of the molecule is Cc1cc(N2CCCCC2)nc(N2c3ccccc3CC2C)n1. The lowest BCUT2D eigenvalue weighted by Crippen LogP contribution is -2.32. The van der Waals surface area contributed by atoms with Crippen LogP contribution in [0.2, 0.25) is 0 Å². The molecule has 1 atom stereocenters. The van der Waals surface area contributed by atoms with E-state index in [9.17, 15) is 0 Å². The van der Waals surface area contributed by atoms with Gasteiger partial charge in [-0.25, -0.2) is 4.98 Å².